The molecule has 0 amide bonds. The number of piperidine rings is 2. The summed E-state index contributed by atoms with van der Waals surface area (Å²) < 4.78 is 13.5. The minimum atomic E-state index is -0.111. The second-order valence-electron chi connectivity index (χ2n) is 15.8. The van der Waals surface area contributed by atoms with Crippen LogP contribution < -0.4 is 17.0 Å². The number of quaternary nitrogens is 1. The van der Waals surface area contributed by atoms with E-state index in [1.54, 1.807) is 13.8 Å². The predicted octanol–water partition coefficient (Wildman–Crippen LogP) is 2.97. The van der Waals surface area contributed by atoms with E-state index in [2.05, 4.69) is 25.8 Å². The number of nitrogens with zero attached hydrogens (tertiary/aromatic N) is 2. The Bertz CT molecular complexity index is 964. The first-order valence-corrected chi connectivity index (χ1v) is 17.0. The van der Waals surface area contributed by atoms with E-state index >= 15 is 0 Å². The minimum Gasteiger partial charge on any atom is -1.00 e. The summed E-state index contributed by atoms with van der Waals surface area (Å²) in [5.41, 5.74) is 0.377. The molecule has 6 fully saturated rings. The highest BCUT2D eigenvalue weighted by molar-refractivity contribution is 5.66. The number of carbonyl (C=O) groups is 2. The Morgan fingerprint density at radius 3 is 2.12 bits per heavy atom. The SMILES string of the molecule is CC(=O)O[C@@H]1C[C@@H]2CC[C@@H]3[C@H](CC[C@@]4(C)[C@H]3C[C@@H]([N+]3(C)CCCCC3)[C@@H]4OC(C)=O)[C@@]2(C)C[C@H]1N1CCCCC1.[Br-]. The molecule has 41 heavy (non-hydrogen) atoms. The fourth-order valence-corrected chi connectivity index (χ4v) is 11.7. The Labute approximate surface area is 260 Å². The Morgan fingerprint density at radius 2 is 1.46 bits per heavy atom. The van der Waals surface area contributed by atoms with Crippen LogP contribution in [0.2, 0.25) is 0 Å². The summed E-state index contributed by atoms with van der Waals surface area (Å²) >= 11 is 0. The van der Waals surface area contributed by atoms with E-state index in [0.29, 0.717) is 35.3 Å². The zero-order chi connectivity index (χ0) is 28.3. The molecule has 7 heteroatoms. The van der Waals surface area contributed by atoms with Crippen LogP contribution in [-0.2, 0) is 19.1 Å². The van der Waals surface area contributed by atoms with E-state index in [-0.39, 0.29) is 46.5 Å². The first-order valence-electron chi connectivity index (χ1n) is 17.0. The molecule has 4 saturated carbocycles. The summed E-state index contributed by atoms with van der Waals surface area (Å²) in [5.74, 6) is 2.50. The second kappa shape index (κ2) is 12.0. The first-order chi connectivity index (χ1) is 19.0. The van der Waals surface area contributed by atoms with Crippen LogP contribution in [0.4, 0.5) is 0 Å². The van der Waals surface area contributed by atoms with Gasteiger partial charge in [0, 0.05) is 31.7 Å². The number of fused-ring (bicyclic) bond motifs is 5. The molecule has 6 aliphatic rings. The van der Waals surface area contributed by atoms with E-state index in [4.69, 9.17) is 9.47 Å². The van der Waals surface area contributed by atoms with Crippen molar-refractivity contribution in [2.45, 2.75) is 135 Å². The van der Waals surface area contributed by atoms with Gasteiger partial charge < -0.3 is 30.9 Å². The van der Waals surface area contributed by atoms with Gasteiger partial charge in [-0.2, -0.15) is 0 Å². The van der Waals surface area contributed by atoms with Crippen molar-refractivity contribution in [2.24, 2.45) is 34.5 Å². The van der Waals surface area contributed by atoms with Crippen LogP contribution >= 0.6 is 0 Å². The lowest BCUT2D eigenvalue weighted by Gasteiger charge is -2.62. The molecule has 4 aliphatic carbocycles. The number of hydrogen-bond acceptors (Lipinski definition) is 5. The maximum Gasteiger partial charge on any atom is 0.303 e. The lowest BCUT2D eigenvalue weighted by molar-refractivity contribution is -0.940. The average molecular weight is 638 g/mol. The number of hydrogen-bond donors (Lipinski definition) is 0. The summed E-state index contributed by atoms with van der Waals surface area (Å²) in [7, 11) is 2.47. The van der Waals surface area contributed by atoms with Gasteiger partial charge in [0.2, 0.25) is 0 Å². The quantitative estimate of drug-likeness (QED) is 0.351. The van der Waals surface area contributed by atoms with Crippen molar-refractivity contribution in [3.8, 4) is 0 Å². The van der Waals surface area contributed by atoms with Gasteiger partial charge in [-0.25, -0.2) is 0 Å². The third-order valence-electron chi connectivity index (χ3n) is 13.7. The predicted molar refractivity (Wildman–Crippen MR) is 156 cm³/mol. The molecule has 0 aromatic heterocycles. The van der Waals surface area contributed by atoms with Crippen LogP contribution in [0.1, 0.15) is 111 Å². The minimum absolute atomic E-state index is 0. The van der Waals surface area contributed by atoms with Crippen molar-refractivity contribution in [2.75, 3.05) is 33.2 Å². The van der Waals surface area contributed by atoms with E-state index in [1.807, 2.05) is 0 Å². The molecule has 0 aromatic carbocycles. The van der Waals surface area contributed by atoms with Crippen LogP contribution in [0.15, 0.2) is 0 Å². The van der Waals surface area contributed by atoms with Crippen molar-refractivity contribution < 1.29 is 40.5 Å². The Kier molecular flexibility index (Phi) is 9.32. The third kappa shape index (κ3) is 5.56. The molecule has 10 atom stereocenters. The zero-order valence-electron chi connectivity index (χ0n) is 26.5. The Balaban J connectivity index is 0.00000337. The molecule has 0 N–H and O–H groups in total. The molecule has 0 aromatic rings. The number of likely N-dealkylation sites (tertiary alicyclic amines) is 2. The van der Waals surface area contributed by atoms with E-state index in [0.717, 1.165) is 29.9 Å². The van der Waals surface area contributed by atoms with E-state index < -0.39 is 0 Å². The number of ether oxygens (including phenoxy) is 2. The van der Waals surface area contributed by atoms with Gasteiger partial charge in [-0.1, -0.05) is 20.3 Å². The van der Waals surface area contributed by atoms with Crippen LogP contribution in [0.25, 0.3) is 0 Å². The first kappa shape index (κ1) is 31.8. The van der Waals surface area contributed by atoms with Gasteiger partial charge in [-0.15, -0.1) is 0 Å². The normalized spacial score (nSPS) is 45.8. The zero-order valence-corrected chi connectivity index (χ0v) is 28.1. The molecular formula is C34H57BrN2O4. The summed E-state index contributed by atoms with van der Waals surface area (Å²) in [6, 6.07) is 0.796. The molecule has 6 nitrogen and oxygen atoms in total. The maximum atomic E-state index is 12.5. The Morgan fingerprint density at radius 1 is 0.805 bits per heavy atom. The Hall–Kier alpha value is -0.660. The molecule has 0 spiro atoms. The van der Waals surface area contributed by atoms with Gasteiger partial charge >= 0.3 is 11.9 Å². The summed E-state index contributed by atoms with van der Waals surface area (Å²) in [6.07, 6.45) is 16.3. The molecule has 0 unspecified atom stereocenters. The maximum absolute atomic E-state index is 12.5. The smallest absolute Gasteiger partial charge is 0.303 e. The molecule has 6 rings (SSSR count). The van der Waals surface area contributed by atoms with Gasteiger partial charge in [-0.3, -0.25) is 14.5 Å². The number of rotatable bonds is 4. The van der Waals surface area contributed by atoms with Gasteiger partial charge in [0.25, 0.3) is 0 Å². The molecule has 2 heterocycles. The van der Waals surface area contributed by atoms with Crippen LogP contribution in [0.3, 0.4) is 0 Å². The standard InChI is InChI=1S/C34H57N2O4.BrH/c1-23(37)39-31-20-25-12-13-26-27(34(25,4)22-29(31)35-16-8-6-9-17-35)14-15-33(3)28(26)21-30(32(33)40-24(2)38)36(5)18-10-7-11-19-36;/h25-32H,6-22H2,1-5H3;1H/q+1;/p-1/t25-,26+,27-,28-,29+,30+,31+,32-,33-,34-;/m0./s1. The molecule has 2 saturated heterocycles. The molecule has 0 bridgehead atoms. The lowest BCUT2D eigenvalue weighted by Crippen LogP contribution is -3.00. The number of esters is 2. The van der Waals surface area contributed by atoms with Crippen LogP contribution in [-0.4, -0.2) is 78.8 Å². The van der Waals surface area contributed by atoms with Crippen molar-refractivity contribution >= 4 is 11.9 Å². The lowest BCUT2D eigenvalue weighted by atomic mass is 9.44. The number of halogens is 1. The molecule has 234 valence electrons. The van der Waals surface area contributed by atoms with Crippen molar-refractivity contribution in [1.29, 1.82) is 0 Å². The van der Waals surface area contributed by atoms with Gasteiger partial charge in [0.1, 0.15) is 12.1 Å². The highest BCUT2D eigenvalue weighted by Crippen LogP contribution is 2.67. The fraction of sp³-hybridized carbons (Fsp3) is 0.941. The summed E-state index contributed by atoms with van der Waals surface area (Å²) in [5, 5.41) is 0. The number of likely N-dealkylation sites (N-methyl/N-ethyl adjacent to an activating group) is 1. The van der Waals surface area contributed by atoms with E-state index in [9.17, 15) is 9.59 Å². The monoisotopic (exact) mass is 636 g/mol. The largest absolute Gasteiger partial charge is 1.00 e. The average Bonchev–Trinajstić information content (AvgIpc) is 3.21. The second-order valence-corrected chi connectivity index (χ2v) is 15.8. The van der Waals surface area contributed by atoms with Crippen molar-refractivity contribution in [3.05, 3.63) is 0 Å². The molecular weight excluding hydrogens is 580 g/mol. The van der Waals surface area contributed by atoms with Gasteiger partial charge in [-0.05, 0) is 113 Å². The van der Waals surface area contributed by atoms with Gasteiger partial charge in [0.15, 0.2) is 6.10 Å². The van der Waals surface area contributed by atoms with Crippen molar-refractivity contribution in [1.82, 2.24) is 4.90 Å². The van der Waals surface area contributed by atoms with Gasteiger partial charge in [0.05, 0.1) is 20.1 Å². The summed E-state index contributed by atoms with van der Waals surface area (Å²) in [6.45, 7) is 13.1. The van der Waals surface area contributed by atoms with E-state index in [1.165, 1.54) is 90.1 Å². The topological polar surface area (TPSA) is 55.8 Å². The highest BCUT2D eigenvalue weighted by atomic mass is 79.9. The van der Waals surface area contributed by atoms with Crippen LogP contribution in [0.5, 0.6) is 0 Å². The van der Waals surface area contributed by atoms with Crippen LogP contribution in [0, 0.1) is 34.5 Å². The summed E-state index contributed by atoms with van der Waals surface area (Å²) in [4.78, 5) is 27.4. The third-order valence-corrected chi connectivity index (χ3v) is 13.7. The highest BCUT2D eigenvalue weighted by Gasteiger charge is 2.67. The number of carbonyl (C=O) groups excluding carboxylic acids is 2. The molecule has 2 aliphatic heterocycles. The van der Waals surface area contributed by atoms with Crippen molar-refractivity contribution in [3.63, 3.8) is 0 Å². The fourth-order valence-electron chi connectivity index (χ4n) is 11.7. The molecule has 0 radical (unpaired) electrons.